The zero-order valence-electron chi connectivity index (χ0n) is 8.10. The molecule has 0 aromatic heterocycles. The molecule has 1 aromatic carbocycles. The van der Waals surface area contributed by atoms with Crippen LogP contribution >= 0.6 is 0 Å². The van der Waals surface area contributed by atoms with E-state index in [9.17, 15) is 8.42 Å². The molecule has 5 N–H and O–H groups in total. The van der Waals surface area contributed by atoms with Crippen LogP contribution in [0, 0.1) is 0 Å². The van der Waals surface area contributed by atoms with Crippen molar-refractivity contribution in [2.45, 2.75) is 4.90 Å². The van der Waals surface area contributed by atoms with Crippen LogP contribution in [0.5, 0.6) is 0 Å². The number of nitrogens with one attached hydrogen (secondary N) is 1. The lowest BCUT2D eigenvalue weighted by Crippen LogP contribution is -2.15. The smallest absolute Gasteiger partial charge is 0.240 e. The van der Waals surface area contributed by atoms with Crippen molar-refractivity contribution in [3.8, 4) is 0 Å². The molecule has 0 unspecified atom stereocenters. The van der Waals surface area contributed by atoms with E-state index in [0.29, 0.717) is 17.9 Å². The highest BCUT2D eigenvalue weighted by Crippen LogP contribution is 2.22. The Morgan fingerprint density at radius 3 is 2.67 bits per heavy atom. The Labute approximate surface area is 88.8 Å². The molecule has 0 saturated carbocycles. The number of rotatable bonds is 4. The van der Waals surface area contributed by atoms with Gasteiger partial charge in [0.05, 0.1) is 5.69 Å². The zero-order valence-corrected chi connectivity index (χ0v) is 8.92. The summed E-state index contributed by atoms with van der Waals surface area (Å²) in [5.74, 6) is 0. The van der Waals surface area contributed by atoms with Crippen LogP contribution in [-0.4, -0.2) is 15.0 Å². The minimum absolute atomic E-state index is 0.00986. The van der Waals surface area contributed by atoms with Gasteiger partial charge in [0.15, 0.2) is 0 Å². The third-order valence-electron chi connectivity index (χ3n) is 1.75. The van der Waals surface area contributed by atoms with E-state index in [2.05, 4.69) is 11.9 Å². The van der Waals surface area contributed by atoms with Gasteiger partial charge in [-0.2, -0.15) is 0 Å². The van der Waals surface area contributed by atoms with Gasteiger partial charge in [0, 0.05) is 12.2 Å². The minimum Gasteiger partial charge on any atom is -0.399 e. The van der Waals surface area contributed by atoms with Crippen molar-refractivity contribution in [2.24, 2.45) is 5.14 Å². The Kier molecular flexibility index (Phi) is 3.33. The Bertz CT molecular complexity index is 468. The molecule has 0 saturated heterocycles. The summed E-state index contributed by atoms with van der Waals surface area (Å²) in [7, 11) is -3.76. The summed E-state index contributed by atoms with van der Waals surface area (Å²) in [4.78, 5) is -0.00986. The topological polar surface area (TPSA) is 98.2 Å². The Hall–Kier alpha value is -1.53. The summed E-state index contributed by atoms with van der Waals surface area (Å²) in [6.45, 7) is 3.97. The predicted molar refractivity (Wildman–Crippen MR) is 60.9 cm³/mol. The van der Waals surface area contributed by atoms with E-state index in [-0.39, 0.29) is 4.90 Å². The summed E-state index contributed by atoms with van der Waals surface area (Å²) < 4.78 is 22.5. The molecule has 0 heterocycles. The Balaban J connectivity index is 3.21. The first kappa shape index (κ1) is 11.5. The van der Waals surface area contributed by atoms with Crippen molar-refractivity contribution in [1.82, 2.24) is 0 Å². The third-order valence-corrected chi connectivity index (χ3v) is 2.70. The fourth-order valence-electron chi connectivity index (χ4n) is 1.10. The first-order valence-corrected chi connectivity index (χ1v) is 5.77. The highest BCUT2D eigenvalue weighted by atomic mass is 32.2. The van der Waals surface area contributed by atoms with Crippen molar-refractivity contribution in [3.05, 3.63) is 30.9 Å². The second kappa shape index (κ2) is 4.33. The monoisotopic (exact) mass is 227 g/mol. The van der Waals surface area contributed by atoms with Crippen LogP contribution in [0.3, 0.4) is 0 Å². The van der Waals surface area contributed by atoms with Gasteiger partial charge in [-0.1, -0.05) is 6.08 Å². The number of benzene rings is 1. The van der Waals surface area contributed by atoms with Crippen molar-refractivity contribution < 1.29 is 8.42 Å². The second-order valence-electron chi connectivity index (χ2n) is 2.97. The van der Waals surface area contributed by atoms with E-state index in [4.69, 9.17) is 10.9 Å². The zero-order chi connectivity index (χ0) is 11.5. The highest BCUT2D eigenvalue weighted by Gasteiger charge is 2.13. The first-order valence-electron chi connectivity index (χ1n) is 4.22. The quantitative estimate of drug-likeness (QED) is 0.515. The number of primary sulfonamides is 1. The molecule has 1 rings (SSSR count). The largest absolute Gasteiger partial charge is 0.399 e. The van der Waals surface area contributed by atoms with E-state index in [0.717, 1.165) is 0 Å². The van der Waals surface area contributed by atoms with Gasteiger partial charge in [-0.15, -0.1) is 6.58 Å². The van der Waals surface area contributed by atoms with E-state index in [1.54, 1.807) is 18.2 Å². The lowest BCUT2D eigenvalue weighted by atomic mass is 10.3. The molecule has 0 aliphatic heterocycles. The molecular weight excluding hydrogens is 214 g/mol. The summed E-state index contributed by atoms with van der Waals surface area (Å²) in [6.07, 6.45) is 1.61. The van der Waals surface area contributed by atoms with Crippen molar-refractivity contribution >= 4 is 21.4 Å². The molecular formula is C9H13N3O2S. The summed E-state index contributed by atoms with van der Waals surface area (Å²) >= 11 is 0. The second-order valence-corrected chi connectivity index (χ2v) is 4.50. The maximum absolute atomic E-state index is 11.2. The first-order chi connectivity index (χ1) is 6.95. The molecule has 6 heteroatoms. The lowest BCUT2D eigenvalue weighted by Gasteiger charge is -2.09. The summed E-state index contributed by atoms with van der Waals surface area (Å²) in [5, 5.41) is 7.91. The molecule has 0 radical (unpaired) electrons. The maximum atomic E-state index is 11.2. The predicted octanol–water partition coefficient (Wildman–Crippen LogP) is 0.514. The van der Waals surface area contributed by atoms with Crippen molar-refractivity contribution in [1.29, 1.82) is 0 Å². The van der Waals surface area contributed by atoms with Gasteiger partial charge < -0.3 is 11.1 Å². The molecule has 82 valence electrons. The van der Waals surface area contributed by atoms with Gasteiger partial charge in [-0.05, 0) is 18.2 Å². The molecule has 0 atom stereocenters. The van der Waals surface area contributed by atoms with E-state index < -0.39 is 10.0 Å². The molecule has 15 heavy (non-hydrogen) atoms. The fourth-order valence-corrected chi connectivity index (χ4v) is 1.85. The molecule has 0 aliphatic carbocycles. The normalized spacial score (nSPS) is 11.0. The number of hydrogen-bond acceptors (Lipinski definition) is 4. The molecule has 5 nitrogen and oxygen atoms in total. The van der Waals surface area contributed by atoms with Gasteiger partial charge in [-0.25, -0.2) is 13.6 Å². The van der Waals surface area contributed by atoms with Crippen molar-refractivity contribution in [2.75, 3.05) is 17.6 Å². The van der Waals surface area contributed by atoms with Crippen LogP contribution in [0.15, 0.2) is 35.7 Å². The highest BCUT2D eigenvalue weighted by molar-refractivity contribution is 7.89. The number of nitrogens with two attached hydrogens (primary N) is 2. The lowest BCUT2D eigenvalue weighted by molar-refractivity contribution is 0.598. The van der Waals surface area contributed by atoms with E-state index in [1.165, 1.54) is 6.07 Å². The number of sulfonamides is 1. The molecule has 0 bridgehead atoms. The fraction of sp³-hybridized carbons (Fsp3) is 0.111. The average Bonchev–Trinajstić information content (AvgIpc) is 2.14. The standard InChI is InChI=1S/C9H13N3O2S/c1-2-5-12-8-4-3-7(10)6-9(8)15(11,13)14/h2-4,6,12H,1,5,10H2,(H2,11,13,14). The van der Waals surface area contributed by atoms with Crippen LogP contribution in [0.1, 0.15) is 0 Å². The third kappa shape index (κ3) is 2.97. The average molecular weight is 227 g/mol. The minimum atomic E-state index is -3.76. The number of anilines is 2. The SMILES string of the molecule is C=CCNc1ccc(N)cc1S(N)(=O)=O. The van der Waals surface area contributed by atoms with Crippen LogP contribution in [-0.2, 0) is 10.0 Å². The van der Waals surface area contributed by atoms with E-state index >= 15 is 0 Å². The molecule has 1 aromatic rings. The number of hydrogen-bond donors (Lipinski definition) is 3. The van der Waals surface area contributed by atoms with Gasteiger partial charge in [0.2, 0.25) is 10.0 Å². The number of nitrogen functional groups attached to an aromatic ring is 1. The van der Waals surface area contributed by atoms with Crippen LogP contribution in [0.25, 0.3) is 0 Å². The van der Waals surface area contributed by atoms with Crippen LogP contribution in [0.2, 0.25) is 0 Å². The van der Waals surface area contributed by atoms with E-state index in [1.807, 2.05) is 0 Å². The van der Waals surface area contributed by atoms with Crippen LogP contribution < -0.4 is 16.2 Å². The maximum Gasteiger partial charge on any atom is 0.240 e. The molecule has 0 aliphatic rings. The van der Waals surface area contributed by atoms with Gasteiger partial charge in [-0.3, -0.25) is 0 Å². The molecule has 0 fully saturated rings. The van der Waals surface area contributed by atoms with Gasteiger partial charge in [0.1, 0.15) is 4.90 Å². The van der Waals surface area contributed by atoms with Gasteiger partial charge in [0.25, 0.3) is 0 Å². The van der Waals surface area contributed by atoms with Gasteiger partial charge >= 0.3 is 0 Å². The Morgan fingerprint density at radius 1 is 1.47 bits per heavy atom. The molecule has 0 amide bonds. The Morgan fingerprint density at radius 2 is 2.13 bits per heavy atom. The molecule has 0 spiro atoms. The summed E-state index contributed by atoms with van der Waals surface area (Å²) in [6, 6.07) is 4.49. The summed E-state index contributed by atoms with van der Waals surface area (Å²) in [5.41, 5.74) is 6.26. The van der Waals surface area contributed by atoms with Crippen molar-refractivity contribution in [3.63, 3.8) is 0 Å². The van der Waals surface area contributed by atoms with Crippen LogP contribution in [0.4, 0.5) is 11.4 Å².